The van der Waals surface area contributed by atoms with Crippen LogP contribution in [0.5, 0.6) is 5.75 Å². The van der Waals surface area contributed by atoms with Gasteiger partial charge in [-0.2, -0.15) is 0 Å². The van der Waals surface area contributed by atoms with Crippen LogP contribution in [0.2, 0.25) is 0 Å². The van der Waals surface area contributed by atoms with E-state index < -0.39 is 0 Å². The van der Waals surface area contributed by atoms with Gasteiger partial charge in [-0.15, -0.1) is 0 Å². The second-order valence-electron chi connectivity index (χ2n) is 10.8. The van der Waals surface area contributed by atoms with Gasteiger partial charge in [-0.25, -0.2) is 4.98 Å². The summed E-state index contributed by atoms with van der Waals surface area (Å²) in [5.74, 6) is 0.845. The number of aryl methyl sites for hydroxylation is 1. The molecule has 7 nitrogen and oxygen atoms in total. The number of fused-ring (bicyclic) bond motifs is 1. The Morgan fingerprint density at radius 2 is 1.62 bits per heavy atom. The van der Waals surface area contributed by atoms with E-state index in [0.29, 0.717) is 19.7 Å². The maximum Gasteiger partial charge on any atom is 0.248 e. The fraction of sp³-hybridized carbons (Fsp3) is 0.257. The van der Waals surface area contributed by atoms with Crippen LogP contribution in [0.15, 0.2) is 97.2 Å². The number of amides is 1. The minimum atomic E-state index is 0.0419. The van der Waals surface area contributed by atoms with Crippen molar-refractivity contribution in [3.63, 3.8) is 0 Å². The van der Waals surface area contributed by atoms with Crippen LogP contribution in [-0.2, 0) is 22.7 Å². The van der Waals surface area contributed by atoms with Crippen LogP contribution in [0.25, 0.3) is 28.0 Å². The van der Waals surface area contributed by atoms with E-state index in [1.165, 1.54) is 11.1 Å². The van der Waals surface area contributed by atoms with Crippen LogP contribution in [-0.4, -0.2) is 65.0 Å². The molecule has 1 fully saturated rings. The normalized spacial score (nSPS) is 13.9. The van der Waals surface area contributed by atoms with Crippen molar-refractivity contribution >= 4 is 11.6 Å². The minimum Gasteiger partial charge on any atom is -0.497 e. The maximum atomic E-state index is 12.8. The molecule has 3 aromatic carbocycles. The number of pyridine rings is 1. The van der Waals surface area contributed by atoms with E-state index in [1.807, 2.05) is 53.4 Å². The number of hydrogen-bond acceptors (Lipinski definition) is 5. The first-order valence-corrected chi connectivity index (χ1v) is 14.4. The average molecular weight is 561 g/mol. The molecule has 1 aliphatic heterocycles. The first kappa shape index (κ1) is 27.7. The third-order valence-electron chi connectivity index (χ3n) is 7.85. The summed E-state index contributed by atoms with van der Waals surface area (Å²) in [5, 5.41) is 0. The predicted molar refractivity (Wildman–Crippen MR) is 165 cm³/mol. The molecule has 1 aliphatic rings. The Hall–Kier alpha value is -4.46. The summed E-state index contributed by atoms with van der Waals surface area (Å²) in [6, 6.07) is 30.8. The van der Waals surface area contributed by atoms with Gasteiger partial charge in [0.1, 0.15) is 18.0 Å². The van der Waals surface area contributed by atoms with E-state index in [1.54, 1.807) is 7.11 Å². The van der Waals surface area contributed by atoms with E-state index in [2.05, 4.69) is 64.9 Å². The lowest BCUT2D eigenvalue weighted by molar-refractivity contribution is -0.138. The number of carbonyl (C=O) groups is 1. The number of piperazine rings is 1. The van der Waals surface area contributed by atoms with Crippen LogP contribution >= 0.6 is 0 Å². The molecule has 0 N–H and O–H groups in total. The summed E-state index contributed by atoms with van der Waals surface area (Å²) >= 11 is 0. The zero-order chi connectivity index (χ0) is 28.9. The van der Waals surface area contributed by atoms with Gasteiger partial charge in [0.05, 0.1) is 25.1 Å². The van der Waals surface area contributed by atoms with Crippen molar-refractivity contribution in [3.8, 4) is 28.1 Å². The van der Waals surface area contributed by atoms with Crippen molar-refractivity contribution in [2.75, 3.05) is 39.9 Å². The maximum absolute atomic E-state index is 12.8. The summed E-state index contributed by atoms with van der Waals surface area (Å²) in [7, 11) is 1.69. The van der Waals surface area contributed by atoms with Gasteiger partial charge in [0.2, 0.25) is 5.91 Å². The zero-order valence-corrected chi connectivity index (χ0v) is 24.2. The van der Waals surface area contributed by atoms with Gasteiger partial charge in [0.25, 0.3) is 0 Å². The number of aromatic nitrogens is 2. The number of rotatable bonds is 9. The third kappa shape index (κ3) is 6.22. The summed E-state index contributed by atoms with van der Waals surface area (Å²) in [4.78, 5) is 22.2. The first-order valence-electron chi connectivity index (χ1n) is 14.4. The van der Waals surface area contributed by atoms with Crippen molar-refractivity contribution in [1.82, 2.24) is 19.2 Å². The molecule has 0 unspecified atom stereocenters. The Morgan fingerprint density at radius 3 is 2.40 bits per heavy atom. The standard InChI is InChI=1S/C35H36N4O3/c1-26-8-6-11-28(20-26)30-14-15-33-36-35(29-12-7-13-31(21-29)41-2)32(39(33)22-30)23-37-16-18-38(19-17-37)34(40)25-42-24-27-9-4-3-5-10-27/h3-15,20-22H,16-19,23-25H2,1-2H3. The number of hydrogen-bond donors (Lipinski definition) is 0. The molecule has 7 heteroatoms. The fourth-order valence-corrected chi connectivity index (χ4v) is 5.53. The number of methoxy groups -OCH3 is 1. The molecule has 5 aromatic rings. The molecule has 6 rings (SSSR count). The monoisotopic (exact) mass is 560 g/mol. The summed E-state index contributed by atoms with van der Waals surface area (Å²) in [5.41, 5.74) is 8.63. The average Bonchev–Trinajstić information content (AvgIpc) is 3.39. The highest BCUT2D eigenvalue weighted by atomic mass is 16.5. The largest absolute Gasteiger partial charge is 0.497 e. The van der Waals surface area contributed by atoms with E-state index >= 15 is 0 Å². The van der Waals surface area contributed by atoms with Gasteiger partial charge in [0.15, 0.2) is 0 Å². The highest BCUT2D eigenvalue weighted by Crippen LogP contribution is 2.30. The number of carbonyl (C=O) groups excluding carboxylic acids is 1. The van der Waals surface area contributed by atoms with Gasteiger partial charge in [0, 0.05) is 44.5 Å². The Balaban J connectivity index is 1.21. The topological polar surface area (TPSA) is 59.3 Å². The smallest absolute Gasteiger partial charge is 0.248 e. The molecule has 1 amide bonds. The SMILES string of the molecule is COc1cccc(-c2nc3ccc(-c4cccc(C)c4)cn3c2CN2CCN(C(=O)COCc3ccccc3)CC2)c1. The molecule has 0 saturated carbocycles. The highest BCUT2D eigenvalue weighted by molar-refractivity contribution is 5.77. The third-order valence-corrected chi connectivity index (χ3v) is 7.85. The van der Waals surface area contributed by atoms with Crippen molar-refractivity contribution in [2.45, 2.75) is 20.1 Å². The molecule has 0 spiro atoms. The lowest BCUT2D eigenvalue weighted by Crippen LogP contribution is -2.49. The second-order valence-corrected chi connectivity index (χ2v) is 10.8. The van der Waals surface area contributed by atoms with Crippen molar-refractivity contribution in [3.05, 3.63) is 114 Å². The second kappa shape index (κ2) is 12.6. The summed E-state index contributed by atoms with van der Waals surface area (Å²) in [6.45, 7) is 6.30. The van der Waals surface area contributed by atoms with Crippen LogP contribution in [0.3, 0.4) is 0 Å². The molecule has 42 heavy (non-hydrogen) atoms. The Kier molecular flexibility index (Phi) is 8.30. The molecular formula is C35H36N4O3. The van der Waals surface area contributed by atoms with E-state index in [-0.39, 0.29) is 12.5 Å². The van der Waals surface area contributed by atoms with Crippen molar-refractivity contribution in [1.29, 1.82) is 0 Å². The zero-order valence-electron chi connectivity index (χ0n) is 24.2. The number of nitrogens with zero attached hydrogens (tertiary/aromatic N) is 4. The minimum absolute atomic E-state index is 0.0419. The molecule has 1 saturated heterocycles. The lowest BCUT2D eigenvalue weighted by atomic mass is 10.1. The molecule has 0 aliphatic carbocycles. The van der Waals surface area contributed by atoms with E-state index in [9.17, 15) is 4.79 Å². The Bertz CT molecular complexity index is 1670. The molecular weight excluding hydrogens is 524 g/mol. The molecule has 0 bridgehead atoms. The molecule has 214 valence electrons. The van der Waals surface area contributed by atoms with Crippen LogP contribution in [0.4, 0.5) is 0 Å². The fourth-order valence-electron chi connectivity index (χ4n) is 5.53. The van der Waals surface area contributed by atoms with Gasteiger partial charge in [-0.3, -0.25) is 9.69 Å². The Morgan fingerprint density at radius 1 is 0.833 bits per heavy atom. The lowest BCUT2D eigenvalue weighted by Gasteiger charge is -2.34. The molecule has 0 atom stereocenters. The number of ether oxygens (including phenoxy) is 2. The Labute approximate surface area is 246 Å². The summed E-state index contributed by atoms with van der Waals surface area (Å²) in [6.07, 6.45) is 2.19. The number of imidazole rings is 1. The van der Waals surface area contributed by atoms with Crippen LogP contribution in [0.1, 0.15) is 16.8 Å². The summed E-state index contributed by atoms with van der Waals surface area (Å²) < 4.78 is 13.5. The van der Waals surface area contributed by atoms with Gasteiger partial charge in [-0.1, -0.05) is 72.3 Å². The molecule has 2 aromatic heterocycles. The van der Waals surface area contributed by atoms with E-state index in [0.717, 1.165) is 59.1 Å². The predicted octanol–water partition coefficient (Wildman–Crippen LogP) is 5.85. The number of benzene rings is 3. The molecule has 0 radical (unpaired) electrons. The van der Waals surface area contributed by atoms with Crippen molar-refractivity contribution in [2.24, 2.45) is 0 Å². The highest BCUT2D eigenvalue weighted by Gasteiger charge is 2.24. The van der Waals surface area contributed by atoms with E-state index in [4.69, 9.17) is 14.5 Å². The van der Waals surface area contributed by atoms with Crippen molar-refractivity contribution < 1.29 is 14.3 Å². The molecule has 3 heterocycles. The quantitative estimate of drug-likeness (QED) is 0.227. The van der Waals surface area contributed by atoms with Crippen LogP contribution < -0.4 is 4.74 Å². The van der Waals surface area contributed by atoms with Gasteiger partial charge >= 0.3 is 0 Å². The van der Waals surface area contributed by atoms with Gasteiger partial charge in [-0.05, 0) is 47.9 Å². The first-order chi connectivity index (χ1) is 20.6. The van der Waals surface area contributed by atoms with Crippen LogP contribution in [0, 0.1) is 6.92 Å². The van der Waals surface area contributed by atoms with Gasteiger partial charge < -0.3 is 18.8 Å².